The highest BCUT2D eigenvalue weighted by molar-refractivity contribution is 14.1. The van der Waals surface area contributed by atoms with Crippen LogP contribution < -0.4 is 10.6 Å². The van der Waals surface area contributed by atoms with Gasteiger partial charge in [0.15, 0.2) is 0 Å². The Hall–Kier alpha value is -1.60. The molecule has 122 valence electrons. The third-order valence-electron chi connectivity index (χ3n) is 3.24. The van der Waals surface area contributed by atoms with Gasteiger partial charge < -0.3 is 15.4 Å². The highest BCUT2D eigenvalue weighted by Crippen LogP contribution is 2.27. The van der Waals surface area contributed by atoms with Gasteiger partial charge in [-0.15, -0.1) is 0 Å². The summed E-state index contributed by atoms with van der Waals surface area (Å²) in [6, 6.07) is 14.1. The van der Waals surface area contributed by atoms with Crippen molar-refractivity contribution in [3.63, 3.8) is 0 Å². The SMILES string of the molecule is COCc1cc(NC(=O)NC(C)C)ccc1-c1ccc(I)cc1. The maximum atomic E-state index is 11.8. The number of carbonyl (C=O) groups is 1. The Labute approximate surface area is 150 Å². The fraction of sp³-hybridized carbons (Fsp3) is 0.278. The number of urea groups is 1. The molecule has 0 aromatic heterocycles. The molecule has 0 saturated heterocycles. The lowest BCUT2D eigenvalue weighted by Gasteiger charge is -2.14. The Morgan fingerprint density at radius 1 is 1.17 bits per heavy atom. The second-order valence-corrected chi connectivity index (χ2v) is 6.81. The van der Waals surface area contributed by atoms with Crippen LogP contribution in [0.25, 0.3) is 11.1 Å². The van der Waals surface area contributed by atoms with E-state index in [2.05, 4.69) is 57.5 Å². The summed E-state index contributed by atoms with van der Waals surface area (Å²) >= 11 is 2.29. The molecule has 0 unspecified atom stereocenters. The van der Waals surface area contributed by atoms with Gasteiger partial charge in [0, 0.05) is 22.4 Å². The number of benzene rings is 2. The predicted octanol–water partition coefficient (Wildman–Crippen LogP) is 4.63. The molecule has 0 aliphatic rings. The van der Waals surface area contributed by atoms with E-state index in [-0.39, 0.29) is 12.1 Å². The van der Waals surface area contributed by atoms with Crippen LogP contribution in [0.5, 0.6) is 0 Å². The molecule has 2 amide bonds. The van der Waals surface area contributed by atoms with Gasteiger partial charge in [0.25, 0.3) is 0 Å². The molecule has 0 aliphatic heterocycles. The Morgan fingerprint density at radius 3 is 2.48 bits per heavy atom. The first-order chi connectivity index (χ1) is 11.0. The van der Waals surface area contributed by atoms with Gasteiger partial charge in [0.1, 0.15) is 0 Å². The van der Waals surface area contributed by atoms with E-state index in [0.29, 0.717) is 6.61 Å². The summed E-state index contributed by atoms with van der Waals surface area (Å²) in [4.78, 5) is 11.8. The molecule has 2 rings (SSSR count). The number of rotatable bonds is 5. The van der Waals surface area contributed by atoms with Gasteiger partial charge in [-0.05, 0) is 77.4 Å². The Morgan fingerprint density at radius 2 is 1.87 bits per heavy atom. The number of nitrogens with one attached hydrogen (secondary N) is 2. The maximum Gasteiger partial charge on any atom is 0.319 e. The van der Waals surface area contributed by atoms with Crippen molar-refractivity contribution in [3.05, 3.63) is 51.6 Å². The van der Waals surface area contributed by atoms with Crippen molar-refractivity contribution in [1.29, 1.82) is 0 Å². The summed E-state index contributed by atoms with van der Waals surface area (Å²) in [7, 11) is 1.67. The van der Waals surface area contributed by atoms with E-state index in [4.69, 9.17) is 4.74 Å². The van der Waals surface area contributed by atoms with Gasteiger partial charge in [0.2, 0.25) is 0 Å². The van der Waals surface area contributed by atoms with E-state index in [1.807, 2.05) is 32.0 Å². The third kappa shape index (κ3) is 5.21. The van der Waals surface area contributed by atoms with Crippen molar-refractivity contribution in [1.82, 2.24) is 5.32 Å². The van der Waals surface area contributed by atoms with Gasteiger partial charge in [-0.3, -0.25) is 0 Å². The summed E-state index contributed by atoms with van der Waals surface area (Å²) in [5, 5.41) is 5.67. The first-order valence-electron chi connectivity index (χ1n) is 7.45. The number of amides is 2. The molecule has 0 saturated carbocycles. The van der Waals surface area contributed by atoms with Gasteiger partial charge in [0.05, 0.1) is 6.61 Å². The Bertz CT molecular complexity index is 669. The lowest BCUT2D eigenvalue weighted by molar-refractivity contribution is 0.185. The predicted molar refractivity (Wildman–Crippen MR) is 103 cm³/mol. The molecule has 0 spiro atoms. The zero-order chi connectivity index (χ0) is 16.8. The summed E-state index contributed by atoms with van der Waals surface area (Å²) in [6.45, 7) is 4.34. The van der Waals surface area contributed by atoms with Crippen molar-refractivity contribution in [3.8, 4) is 11.1 Å². The second-order valence-electron chi connectivity index (χ2n) is 5.56. The van der Waals surface area contributed by atoms with Crippen LogP contribution in [0.1, 0.15) is 19.4 Å². The normalized spacial score (nSPS) is 10.7. The van der Waals surface area contributed by atoms with Crippen LogP contribution in [0.2, 0.25) is 0 Å². The average molecular weight is 424 g/mol. The molecule has 0 radical (unpaired) electrons. The van der Waals surface area contributed by atoms with E-state index in [1.54, 1.807) is 7.11 Å². The molecule has 0 heterocycles. The van der Waals surface area contributed by atoms with Crippen LogP contribution in [0.3, 0.4) is 0 Å². The zero-order valence-corrected chi connectivity index (χ0v) is 15.7. The fourth-order valence-electron chi connectivity index (χ4n) is 2.29. The monoisotopic (exact) mass is 424 g/mol. The van der Waals surface area contributed by atoms with Crippen molar-refractivity contribution < 1.29 is 9.53 Å². The van der Waals surface area contributed by atoms with E-state index in [9.17, 15) is 4.79 Å². The molecular formula is C18H21IN2O2. The number of anilines is 1. The average Bonchev–Trinajstić information content (AvgIpc) is 2.48. The van der Waals surface area contributed by atoms with Gasteiger partial charge in [-0.2, -0.15) is 0 Å². The van der Waals surface area contributed by atoms with Gasteiger partial charge >= 0.3 is 6.03 Å². The summed E-state index contributed by atoms with van der Waals surface area (Å²) in [5.74, 6) is 0. The fourth-order valence-corrected chi connectivity index (χ4v) is 2.65. The molecule has 0 aliphatic carbocycles. The van der Waals surface area contributed by atoms with Crippen LogP contribution >= 0.6 is 22.6 Å². The lowest BCUT2D eigenvalue weighted by Crippen LogP contribution is -2.34. The number of ether oxygens (including phenoxy) is 1. The van der Waals surface area contributed by atoms with E-state index >= 15 is 0 Å². The Kier molecular flexibility index (Phi) is 6.41. The van der Waals surface area contributed by atoms with Gasteiger partial charge in [-0.25, -0.2) is 4.79 Å². The van der Waals surface area contributed by atoms with Crippen LogP contribution in [0, 0.1) is 3.57 Å². The van der Waals surface area contributed by atoms with E-state index in [0.717, 1.165) is 22.4 Å². The first-order valence-corrected chi connectivity index (χ1v) is 8.53. The molecule has 23 heavy (non-hydrogen) atoms. The highest BCUT2D eigenvalue weighted by atomic mass is 127. The minimum atomic E-state index is -0.203. The maximum absolute atomic E-state index is 11.8. The van der Waals surface area contributed by atoms with E-state index < -0.39 is 0 Å². The van der Waals surface area contributed by atoms with Crippen LogP contribution in [0.4, 0.5) is 10.5 Å². The third-order valence-corrected chi connectivity index (χ3v) is 3.96. The summed E-state index contributed by atoms with van der Waals surface area (Å²) in [6.07, 6.45) is 0. The molecule has 0 fully saturated rings. The van der Waals surface area contributed by atoms with Crippen molar-refractivity contribution >= 4 is 34.3 Å². The Balaban J connectivity index is 2.27. The number of methoxy groups -OCH3 is 1. The molecule has 2 N–H and O–H groups in total. The second kappa shape index (κ2) is 8.31. The topological polar surface area (TPSA) is 50.4 Å². The van der Waals surface area contributed by atoms with Crippen molar-refractivity contribution in [2.24, 2.45) is 0 Å². The van der Waals surface area contributed by atoms with Gasteiger partial charge in [-0.1, -0.05) is 18.2 Å². The standard InChI is InChI=1S/C18H21IN2O2/c1-12(2)20-18(22)21-16-8-9-17(14(10-16)11-23-3)13-4-6-15(19)7-5-13/h4-10,12H,11H2,1-3H3,(H2,20,21,22). The number of hydrogen-bond acceptors (Lipinski definition) is 2. The van der Waals surface area contributed by atoms with Crippen molar-refractivity contribution in [2.45, 2.75) is 26.5 Å². The molecule has 5 heteroatoms. The molecule has 0 atom stereocenters. The van der Waals surface area contributed by atoms with Crippen molar-refractivity contribution in [2.75, 3.05) is 12.4 Å². The minimum absolute atomic E-state index is 0.0968. The molecule has 0 bridgehead atoms. The highest BCUT2D eigenvalue weighted by Gasteiger charge is 2.09. The smallest absolute Gasteiger partial charge is 0.319 e. The first kappa shape index (κ1) is 17.7. The van der Waals surface area contributed by atoms with Crippen LogP contribution in [-0.2, 0) is 11.3 Å². The van der Waals surface area contributed by atoms with E-state index in [1.165, 1.54) is 3.57 Å². The summed E-state index contributed by atoms with van der Waals surface area (Å²) < 4.78 is 6.51. The zero-order valence-electron chi connectivity index (χ0n) is 13.5. The minimum Gasteiger partial charge on any atom is -0.380 e. The summed E-state index contributed by atoms with van der Waals surface area (Å²) in [5.41, 5.74) is 4.04. The largest absolute Gasteiger partial charge is 0.380 e. The number of carbonyl (C=O) groups excluding carboxylic acids is 1. The molecule has 2 aromatic rings. The lowest BCUT2D eigenvalue weighted by atomic mass is 9.99. The van der Waals surface area contributed by atoms with Crippen LogP contribution in [-0.4, -0.2) is 19.2 Å². The number of halogens is 1. The quantitative estimate of drug-likeness (QED) is 0.688. The number of hydrogen-bond donors (Lipinski definition) is 2. The molecular weight excluding hydrogens is 403 g/mol. The molecule has 4 nitrogen and oxygen atoms in total. The van der Waals surface area contributed by atoms with Crippen LogP contribution in [0.15, 0.2) is 42.5 Å². The molecule has 2 aromatic carbocycles.